The fourth-order valence-corrected chi connectivity index (χ4v) is 2.38. The summed E-state index contributed by atoms with van der Waals surface area (Å²) in [6, 6.07) is 5.94. The minimum absolute atomic E-state index is 0.0104. The van der Waals surface area contributed by atoms with Gasteiger partial charge in [0, 0.05) is 24.4 Å². The summed E-state index contributed by atoms with van der Waals surface area (Å²) in [6.07, 6.45) is 0.204. The van der Waals surface area contributed by atoms with Crippen LogP contribution in [0.5, 0.6) is 0 Å². The van der Waals surface area contributed by atoms with Gasteiger partial charge in [0.2, 0.25) is 0 Å². The number of pyridine rings is 1. The van der Waals surface area contributed by atoms with Gasteiger partial charge in [0.1, 0.15) is 5.78 Å². The molecule has 0 saturated heterocycles. The zero-order valence-corrected chi connectivity index (χ0v) is 11.2. The molecule has 3 heteroatoms. The number of ketones is 1. The third-order valence-electron chi connectivity index (χ3n) is 3.21. The van der Waals surface area contributed by atoms with Gasteiger partial charge in [-0.1, -0.05) is 6.07 Å². The quantitative estimate of drug-likeness (QED) is 0.811. The van der Waals surface area contributed by atoms with E-state index >= 15 is 0 Å². The van der Waals surface area contributed by atoms with E-state index < -0.39 is 0 Å². The highest BCUT2D eigenvalue weighted by Crippen LogP contribution is 2.20. The molecule has 0 spiro atoms. The van der Waals surface area contributed by atoms with Crippen molar-refractivity contribution in [1.82, 2.24) is 4.57 Å². The van der Waals surface area contributed by atoms with Crippen LogP contribution in [0, 0.1) is 13.8 Å². The lowest BCUT2D eigenvalue weighted by Gasteiger charge is -2.11. The fraction of sp³-hybridized carbons (Fsp3) is 0.333. The van der Waals surface area contributed by atoms with Gasteiger partial charge in [0.25, 0.3) is 5.56 Å². The van der Waals surface area contributed by atoms with Gasteiger partial charge in [-0.15, -0.1) is 0 Å². The first kappa shape index (κ1) is 12.6. The predicted octanol–water partition coefficient (Wildman–Crippen LogP) is 2.29. The summed E-state index contributed by atoms with van der Waals surface area (Å²) in [6.45, 7) is 5.55. The third kappa shape index (κ3) is 2.08. The molecule has 0 bridgehead atoms. The van der Waals surface area contributed by atoms with Crippen molar-refractivity contribution in [3.63, 3.8) is 0 Å². The highest BCUT2D eigenvalue weighted by atomic mass is 16.1. The Morgan fingerprint density at radius 3 is 2.50 bits per heavy atom. The lowest BCUT2D eigenvalue weighted by atomic mass is 10.0. The second-order valence-corrected chi connectivity index (χ2v) is 4.93. The van der Waals surface area contributed by atoms with Crippen LogP contribution in [0.25, 0.3) is 10.9 Å². The summed E-state index contributed by atoms with van der Waals surface area (Å²) in [5, 5.41) is 1.04. The zero-order valence-electron chi connectivity index (χ0n) is 11.2. The molecule has 3 nitrogen and oxygen atoms in total. The maximum Gasteiger partial charge on any atom is 0.254 e. The van der Waals surface area contributed by atoms with E-state index in [1.165, 1.54) is 6.92 Å². The Kier molecular flexibility index (Phi) is 3.07. The van der Waals surface area contributed by atoms with Crippen molar-refractivity contribution in [3.05, 3.63) is 45.2 Å². The maximum atomic E-state index is 12.2. The molecule has 18 heavy (non-hydrogen) atoms. The number of fused-ring (bicyclic) bond motifs is 1. The predicted molar refractivity (Wildman–Crippen MR) is 73.0 cm³/mol. The van der Waals surface area contributed by atoms with E-state index in [0.29, 0.717) is 5.56 Å². The number of carbonyl (C=O) groups excluding carboxylic acids is 1. The van der Waals surface area contributed by atoms with Gasteiger partial charge in [-0.2, -0.15) is 0 Å². The Morgan fingerprint density at radius 1 is 1.22 bits per heavy atom. The number of aryl methyl sites for hydroxylation is 3. The molecule has 1 aromatic heterocycles. The Labute approximate surface area is 106 Å². The molecule has 1 aromatic carbocycles. The van der Waals surface area contributed by atoms with Gasteiger partial charge in [0.05, 0.1) is 5.52 Å². The second kappa shape index (κ2) is 4.41. The van der Waals surface area contributed by atoms with Crippen LogP contribution >= 0.6 is 0 Å². The van der Waals surface area contributed by atoms with Crippen LogP contribution in [-0.2, 0) is 18.3 Å². The SMILES string of the molecule is CC(=O)Cc1cc2c(C)cc(C)cc2n(C)c1=O. The summed E-state index contributed by atoms with van der Waals surface area (Å²) < 4.78 is 1.63. The zero-order chi connectivity index (χ0) is 13.4. The van der Waals surface area contributed by atoms with Crippen molar-refractivity contribution < 1.29 is 4.79 Å². The number of aromatic nitrogens is 1. The smallest absolute Gasteiger partial charge is 0.254 e. The molecule has 94 valence electrons. The number of benzene rings is 1. The van der Waals surface area contributed by atoms with E-state index in [1.807, 2.05) is 26.0 Å². The lowest BCUT2D eigenvalue weighted by molar-refractivity contribution is -0.116. The molecule has 0 atom stereocenters. The average molecular weight is 243 g/mol. The number of hydrogen-bond donors (Lipinski definition) is 0. The molecule has 0 unspecified atom stereocenters. The number of rotatable bonds is 2. The van der Waals surface area contributed by atoms with Crippen molar-refractivity contribution in [2.75, 3.05) is 0 Å². The first-order chi connectivity index (χ1) is 8.40. The molecule has 2 rings (SSSR count). The molecule has 2 aromatic rings. The molecule has 0 fully saturated rings. The van der Waals surface area contributed by atoms with Crippen molar-refractivity contribution in [3.8, 4) is 0 Å². The molecule has 0 aliphatic heterocycles. The number of Topliss-reactive ketones (excluding diaryl/α,β-unsaturated/α-hetero) is 1. The van der Waals surface area contributed by atoms with Crippen LogP contribution in [0.1, 0.15) is 23.6 Å². The average Bonchev–Trinajstić information content (AvgIpc) is 2.26. The molecule has 0 radical (unpaired) electrons. The second-order valence-electron chi connectivity index (χ2n) is 4.93. The number of hydrogen-bond acceptors (Lipinski definition) is 2. The Bertz CT molecular complexity index is 696. The summed E-state index contributed by atoms with van der Waals surface area (Å²) in [4.78, 5) is 23.4. The summed E-state index contributed by atoms with van der Waals surface area (Å²) >= 11 is 0. The van der Waals surface area contributed by atoms with Crippen LogP contribution in [0.4, 0.5) is 0 Å². The van der Waals surface area contributed by atoms with E-state index in [4.69, 9.17) is 0 Å². The minimum atomic E-state index is -0.0808. The van der Waals surface area contributed by atoms with Gasteiger partial charge in [-0.05, 0) is 44.0 Å². The van der Waals surface area contributed by atoms with Crippen LogP contribution in [0.15, 0.2) is 23.0 Å². The van der Waals surface area contributed by atoms with E-state index in [2.05, 4.69) is 6.07 Å². The molecular weight excluding hydrogens is 226 g/mol. The van der Waals surface area contributed by atoms with E-state index in [-0.39, 0.29) is 17.8 Å². The van der Waals surface area contributed by atoms with Gasteiger partial charge in [0.15, 0.2) is 0 Å². The third-order valence-corrected chi connectivity index (χ3v) is 3.21. The highest BCUT2D eigenvalue weighted by Gasteiger charge is 2.10. The van der Waals surface area contributed by atoms with Crippen LogP contribution < -0.4 is 5.56 Å². The summed E-state index contributed by atoms with van der Waals surface area (Å²) in [5.41, 5.74) is 3.68. The lowest BCUT2D eigenvalue weighted by Crippen LogP contribution is -2.23. The molecule has 0 saturated carbocycles. The molecule has 0 N–H and O–H groups in total. The normalized spacial score (nSPS) is 10.9. The van der Waals surface area contributed by atoms with Crippen LogP contribution in [0.2, 0.25) is 0 Å². The molecule has 1 heterocycles. The first-order valence-corrected chi connectivity index (χ1v) is 5.99. The molecule has 0 amide bonds. The largest absolute Gasteiger partial charge is 0.311 e. The van der Waals surface area contributed by atoms with Gasteiger partial charge in [-0.25, -0.2) is 0 Å². The molecule has 0 aliphatic rings. The van der Waals surface area contributed by atoms with Crippen molar-refractivity contribution in [2.24, 2.45) is 7.05 Å². The Hall–Kier alpha value is -1.90. The standard InChI is InChI=1S/C15H17NO2/c1-9-5-10(2)13-8-12(7-11(3)17)15(18)16(4)14(13)6-9/h5-6,8H,7H2,1-4H3. The van der Waals surface area contributed by atoms with E-state index in [1.54, 1.807) is 11.6 Å². The highest BCUT2D eigenvalue weighted by molar-refractivity contribution is 5.85. The minimum Gasteiger partial charge on any atom is -0.311 e. The summed E-state index contributed by atoms with van der Waals surface area (Å²) in [5.74, 6) is 0.0104. The Balaban J connectivity index is 2.83. The summed E-state index contributed by atoms with van der Waals surface area (Å²) in [7, 11) is 1.76. The fourth-order valence-electron chi connectivity index (χ4n) is 2.38. The van der Waals surface area contributed by atoms with Crippen molar-refractivity contribution in [2.45, 2.75) is 27.2 Å². The Morgan fingerprint density at radius 2 is 1.89 bits per heavy atom. The molecule has 0 aliphatic carbocycles. The topological polar surface area (TPSA) is 39.1 Å². The monoisotopic (exact) mass is 243 g/mol. The van der Waals surface area contributed by atoms with E-state index in [9.17, 15) is 9.59 Å². The van der Waals surface area contributed by atoms with Crippen molar-refractivity contribution >= 4 is 16.7 Å². The van der Waals surface area contributed by atoms with Gasteiger partial charge < -0.3 is 4.57 Å². The van der Waals surface area contributed by atoms with Crippen LogP contribution in [-0.4, -0.2) is 10.4 Å². The number of nitrogens with zero attached hydrogens (tertiary/aromatic N) is 1. The van der Waals surface area contributed by atoms with Crippen LogP contribution in [0.3, 0.4) is 0 Å². The first-order valence-electron chi connectivity index (χ1n) is 5.99. The molecular formula is C15H17NO2. The van der Waals surface area contributed by atoms with E-state index in [0.717, 1.165) is 22.0 Å². The van der Waals surface area contributed by atoms with Crippen molar-refractivity contribution in [1.29, 1.82) is 0 Å². The van der Waals surface area contributed by atoms with Gasteiger partial charge in [-0.3, -0.25) is 9.59 Å². The maximum absolute atomic E-state index is 12.2. The number of carbonyl (C=O) groups is 1. The van der Waals surface area contributed by atoms with Gasteiger partial charge >= 0.3 is 0 Å².